The molecule has 0 aliphatic heterocycles. The van der Waals surface area contributed by atoms with E-state index in [1.54, 1.807) is 0 Å². The molecule has 0 saturated carbocycles. The lowest BCUT2D eigenvalue weighted by atomic mass is 10.0. The molecule has 0 amide bonds. The van der Waals surface area contributed by atoms with E-state index in [1.165, 1.54) is 0 Å². The van der Waals surface area contributed by atoms with Crippen LogP contribution in [-0.2, 0) is 0 Å². The van der Waals surface area contributed by atoms with Crippen molar-refractivity contribution in [1.82, 2.24) is 0 Å². The zero-order valence-electron chi connectivity index (χ0n) is 7.03. The summed E-state index contributed by atoms with van der Waals surface area (Å²) in [7, 11) is 0. The molecule has 0 aliphatic carbocycles. The fourth-order valence-electron chi connectivity index (χ4n) is 1.06. The standard InChI is InChI=1S/C10H14N2/c1-2-3-10(12)8-4-6-9(11)7-5-8/h2,4-7,10H,1,3,11-12H2. The molecular weight excluding hydrogens is 148 g/mol. The van der Waals surface area contributed by atoms with Crippen molar-refractivity contribution in [3.05, 3.63) is 42.5 Å². The van der Waals surface area contributed by atoms with Crippen LogP contribution in [0.5, 0.6) is 0 Å². The minimum atomic E-state index is 0.0445. The number of nitrogen functional groups attached to an aromatic ring is 1. The normalized spacial score (nSPS) is 12.4. The Morgan fingerprint density at radius 1 is 1.33 bits per heavy atom. The summed E-state index contributed by atoms with van der Waals surface area (Å²) in [5.41, 5.74) is 13.3. The van der Waals surface area contributed by atoms with Crippen molar-refractivity contribution in [1.29, 1.82) is 0 Å². The van der Waals surface area contributed by atoms with Gasteiger partial charge in [-0.05, 0) is 24.1 Å². The van der Waals surface area contributed by atoms with Gasteiger partial charge in [0, 0.05) is 11.7 Å². The van der Waals surface area contributed by atoms with Crippen molar-refractivity contribution in [2.75, 3.05) is 5.73 Å². The SMILES string of the molecule is C=CCC(N)c1ccc(N)cc1. The van der Waals surface area contributed by atoms with Crippen LogP contribution in [0.3, 0.4) is 0 Å². The molecule has 0 spiro atoms. The van der Waals surface area contributed by atoms with E-state index in [4.69, 9.17) is 11.5 Å². The van der Waals surface area contributed by atoms with Crippen LogP contribution < -0.4 is 11.5 Å². The number of nitrogens with two attached hydrogens (primary N) is 2. The van der Waals surface area contributed by atoms with Gasteiger partial charge in [-0.1, -0.05) is 18.2 Å². The van der Waals surface area contributed by atoms with Gasteiger partial charge in [-0.25, -0.2) is 0 Å². The van der Waals surface area contributed by atoms with Crippen molar-refractivity contribution in [2.24, 2.45) is 5.73 Å². The van der Waals surface area contributed by atoms with E-state index in [1.807, 2.05) is 30.3 Å². The number of anilines is 1. The highest BCUT2D eigenvalue weighted by molar-refractivity contribution is 5.40. The summed E-state index contributed by atoms with van der Waals surface area (Å²) >= 11 is 0. The first kappa shape index (κ1) is 8.81. The Morgan fingerprint density at radius 2 is 1.92 bits per heavy atom. The molecule has 0 saturated heterocycles. The molecule has 0 aliphatic rings. The van der Waals surface area contributed by atoms with Gasteiger partial charge in [-0.3, -0.25) is 0 Å². The van der Waals surface area contributed by atoms with Gasteiger partial charge in [0.2, 0.25) is 0 Å². The predicted molar refractivity (Wildman–Crippen MR) is 52.6 cm³/mol. The maximum Gasteiger partial charge on any atom is 0.0329 e. The van der Waals surface area contributed by atoms with E-state index in [-0.39, 0.29) is 6.04 Å². The number of hydrogen-bond donors (Lipinski definition) is 2. The topological polar surface area (TPSA) is 52.0 Å². The van der Waals surface area contributed by atoms with Gasteiger partial charge >= 0.3 is 0 Å². The van der Waals surface area contributed by atoms with Crippen LogP contribution in [0, 0.1) is 0 Å². The first-order chi connectivity index (χ1) is 5.74. The molecule has 0 aromatic heterocycles. The summed E-state index contributed by atoms with van der Waals surface area (Å²) < 4.78 is 0. The second-order valence-corrected chi connectivity index (χ2v) is 2.80. The van der Waals surface area contributed by atoms with Gasteiger partial charge in [0.1, 0.15) is 0 Å². The fourth-order valence-corrected chi connectivity index (χ4v) is 1.06. The first-order valence-electron chi connectivity index (χ1n) is 3.96. The highest BCUT2D eigenvalue weighted by atomic mass is 14.6. The van der Waals surface area contributed by atoms with Crippen molar-refractivity contribution in [3.8, 4) is 0 Å². The number of hydrogen-bond acceptors (Lipinski definition) is 2. The molecule has 12 heavy (non-hydrogen) atoms. The van der Waals surface area contributed by atoms with Crippen molar-refractivity contribution < 1.29 is 0 Å². The van der Waals surface area contributed by atoms with Crippen LogP contribution in [-0.4, -0.2) is 0 Å². The smallest absolute Gasteiger partial charge is 0.0329 e. The van der Waals surface area contributed by atoms with E-state index < -0.39 is 0 Å². The summed E-state index contributed by atoms with van der Waals surface area (Å²) in [6, 6.07) is 7.66. The average Bonchev–Trinajstić information content (AvgIpc) is 2.06. The van der Waals surface area contributed by atoms with E-state index in [0.717, 1.165) is 17.7 Å². The molecule has 0 radical (unpaired) electrons. The minimum Gasteiger partial charge on any atom is -0.399 e. The average molecular weight is 162 g/mol. The zero-order chi connectivity index (χ0) is 8.97. The van der Waals surface area contributed by atoms with Gasteiger partial charge in [0.05, 0.1) is 0 Å². The molecule has 64 valence electrons. The molecule has 0 heterocycles. The predicted octanol–water partition coefficient (Wildman–Crippen LogP) is 1.84. The Labute approximate surface area is 72.9 Å². The van der Waals surface area contributed by atoms with Crippen molar-refractivity contribution in [3.63, 3.8) is 0 Å². The summed E-state index contributed by atoms with van der Waals surface area (Å²) in [6.07, 6.45) is 2.62. The van der Waals surface area contributed by atoms with Crippen LogP contribution >= 0.6 is 0 Å². The van der Waals surface area contributed by atoms with E-state index >= 15 is 0 Å². The molecule has 1 aromatic rings. The monoisotopic (exact) mass is 162 g/mol. The lowest BCUT2D eigenvalue weighted by molar-refractivity contribution is 0.742. The Hall–Kier alpha value is -1.28. The maximum atomic E-state index is 5.84. The van der Waals surface area contributed by atoms with Crippen molar-refractivity contribution in [2.45, 2.75) is 12.5 Å². The Balaban J connectivity index is 2.74. The Kier molecular flexibility index (Phi) is 2.88. The molecule has 0 fully saturated rings. The molecule has 4 N–H and O–H groups in total. The minimum absolute atomic E-state index is 0.0445. The molecule has 0 bridgehead atoms. The highest BCUT2D eigenvalue weighted by Gasteiger charge is 2.01. The molecule has 1 rings (SSSR count). The van der Waals surface area contributed by atoms with Gasteiger partial charge in [0.15, 0.2) is 0 Å². The van der Waals surface area contributed by atoms with Crippen LogP contribution in [0.15, 0.2) is 36.9 Å². The molecule has 1 atom stereocenters. The van der Waals surface area contributed by atoms with E-state index in [9.17, 15) is 0 Å². The Morgan fingerprint density at radius 3 is 2.42 bits per heavy atom. The Bertz CT molecular complexity index is 251. The van der Waals surface area contributed by atoms with Gasteiger partial charge in [-0.15, -0.1) is 6.58 Å². The first-order valence-corrected chi connectivity index (χ1v) is 3.96. The second-order valence-electron chi connectivity index (χ2n) is 2.80. The molecule has 1 aromatic carbocycles. The van der Waals surface area contributed by atoms with Crippen LogP contribution in [0.2, 0.25) is 0 Å². The largest absolute Gasteiger partial charge is 0.399 e. The summed E-state index contributed by atoms with van der Waals surface area (Å²) in [4.78, 5) is 0. The van der Waals surface area contributed by atoms with Gasteiger partial charge < -0.3 is 11.5 Å². The lowest BCUT2D eigenvalue weighted by Crippen LogP contribution is -2.08. The summed E-state index contributed by atoms with van der Waals surface area (Å²) in [5, 5.41) is 0. The molecule has 2 heteroatoms. The lowest BCUT2D eigenvalue weighted by Gasteiger charge is -2.08. The summed E-state index contributed by atoms with van der Waals surface area (Å²) in [6.45, 7) is 3.64. The molecule has 1 unspecified atom stereocenters. The molecule has 2 nitrogen and oxygen atoms in total. The van der Waals surface area contributed by atoms with Crippen LogP contribution in [0.1, 0.15) is 18.0 Å². The fraction of sp³-hybridized carbons (Fsp3) is 0.200. The summed E-state index contributed by atoms with van der Waals surface area (Å²) in [5.74, 6) is 0. The third-order valence-corrected chi connectivity index (χ3v) is 1.79. The third kappa shape index (κ3) is 2.10. The van der Waals surface area contributed by atoms with E-state index in [0.29, 0.717) is 0 Å². The van der Waals surface area contributed by atoms with Crippen LogP contribution in [0.25, 0.3) is 0 Å². The van der Waals surface area contributed by atoms with Crippen LogP contribution in [0.4, 0.5) is 5.69 Å². The number of rotatable bonds is 3. The van der Waals surface area contributed by atoms with Gasteiger partial charge in [0.25, 0.3) is 0 Å². The maximum absolute atomic E-state index is 5.84. The zero-order valence-corrected chi connectivity index (χ0v) is 7.03. The van der Waals surface area contributed by atoms with Crippen molar-refractivity contribution >= 4 is 5.69 Å². The van der Waals surface area contributed by atoms with Gasteiger partial charge in [-0.2, -0.15) is 0 Å². The quantitative estimate of drug-likeness (QED) is 0.526. The second kappa shape index (κ2) is 3.93. The third-order valence-electron chi connectivity index (χ3n) is 1.79. The highest BCUT2D eigenvalue weighted by Crippen LogP contribution is 2.15. The van der Waals surface area contributed by atoms with E-state index in [2.05, 4.69) is 6.58 Å². The number of benzene rings is 1. The molecular formula is C10H14N2.